The fourth-order valence-electron chi connectivity index (χ4n) is 2.81. The summed E-state index contributed by atoms with van der Waals surface area (Å²) in [4.78, 5) is 16.2. The summed E-state index contributed by atoms with van der Waals surface area (Å²) in [5.74, 6) is 0.147. The molecular formula is C15H23N3O. The van der Waals surface area contributed by atoms with Crippen LogP contribution in [0, 0.1) is 0 Å². The predicted molar refractivity (Wildman–Crippen MR) is 76.8 cm³/mol. The average Bonchev–Trinajstić information content (AvgIpc) is 2.42. The van der Waals surface area contributed by atoms with Crippen molar-refractivity contribution in [1.82, 2.24) is 9.80 Å². The molecule has 1 heterocycles. The van der Waals surface area contributed by atoms with Crippen LogP contribution >= 0.6 is 0 Å². The second-order valence-electron chi connectivity index (χ2n) is 5.29. The third kappa shape index (κ3) is 3.14. The van der Waals surface area contributed by atoms with Gasteiger partial charge in [-0.15, -0.1) is 0 Å². The molecule has 1 saturated heterocycles. The van der Waals surface area contributed by atoms with Crippen LogP contribution in [0.15, 0.2) is 30.3 Å². The molecule has 2 rings (SSSR count). The van der Waals surface area contributed by atoms with Crippen molar-refractivity contribution in [3.05, 3.63) is 35.9 Å². The van der Waals surface area contributed by atoms with Gasteiger partial charge in [0.25, 0.3) is 0 Å². The molecule has 0 aromatic heterocycles. The summed E-state index contributed by atoms with van der Waals surface area (Å²) in [5, 5.41) is 0. The summed E-state index contributed by atoms with van der Waals surface area (Å²) in [6.45, 7) is 4.22. The second-order valence-corrected chi connectivity index (χ2v) is 5.29. The fraction of sp³-hybridized carbons (Fsp3) is 0.533. The molecular weight excluding hydrogens is 238 g/mol. The van der Waals surface area contributed by atoms with Crippen molar-refractivity contribution in [1.29, 1.82) is 0 Å². The average molecular weight is 261 g/mol. The lowest BCUT2D eigenvalue weighted by atomic mass is 10.0. The number of nitrogens with two attached hydrogens (primary N) is 1. The zero-order chi connectivity index (χ0) is 13.8. The summed E-state index contributed by atoms with van der Waals surface area (Å²) in [6, 6.07) is 10.6. The Balaban J connectivity index is 2.02. The molecule has 2 atom stereocenters. The number of carbonyl (C=O) groups excluding carboxylic acids is 1. The predicted octanol–water partition coefficient (Wildman–Crippen LogP) is 0.719. The number of benzene rings is 1. The Morgan fingerprint density at radius 1 is 1.32 bits per heavy atom. The normalized spacial score (nSPS) is 24.8. The smallest absolute Gasteiger partial charge is 0.241 e. The van der Waals surface area contributed by atoms with E-state index in [-0.39, 0.29) is 11.9 Å². The molecule has 1 fully saturated rings. The minimum absolute atomic E-state index is 0.147. The van der Waals surface area contributed by atoms with Crippen molar-refractivity contribution in [3.8, 4) is 0 Å². The van der Waals surface area contributed by atoms with E-state index in [0.29, 0.717) is 12.6 Å². The molecule has 104 valence electrons. The maximum absolute atomic E-state index is 12.1. The van der Waals surface area contributed by atoms with Gasteiger partial charge >= 0.3 is 0 Å². The molecule has 1 amide bonds. The summed E-state index contributed by atoms with van der Waals surface area (Å²) in [6.07, 6.45) is 0.957. The molecule has 0 bridgehead atoms. The standard InChI is InChI=1S/C15H23N3O/c1-12-11-17(2)15(19)14(10-16)18(12)9-8-13-6-4-3-5-7-13/h3-7,12,14H,8-11,16H2,1-2H3. The van der Waals surface area contributed by atoms with Crippen molar-refractivity contribution in [2.75, 3.05) is 26.7 Å². The van der Waals surface area contributed by atoms with Crippen LogP contribution in [-0.2, 0) is 11.2 Å². The van der Waals surface area contributed by atoms with E-state index in [9.17, 15) is 4.79 Å². The topological polar surface area (TPSA) is 49.6 Å². The minimum atomic E-state index is -0.169. The fourth-order valence-corrected chi connectivity index (χ4v) is 2.81. The largest absolute Gasteiger partial charge is 0.343 e. The van der Waals surface area contributed by atoms with Crippen LogP contribution in [0.4, 0.5) is 0 Å². The van der Waals surface area contributed by atoms with Gasteiger partial charge in [0, 0.05) is 32.7 Å². The number of nitrogens with zero attached hydrogens (tertiary/aromatic N) is 2. The van der Waals surface area contributed by atoms with Crippen LogP contribution < -0.4 is 5.73 Å². The molecule has 1 aromatic rings. The molecule has 4 nitrogen and oxygen atoms in total. The molecule has 19 heavy (non-hydrogen) atoms. The molecule has 0 aliphatic carbocycles. The molecule has 1 aromatic carbocycles. The first-order valence-corrected chi connectivity index (χ1v) is 6.88. The van der Waals surface area contributed by atoms with Crippen molar-refractivity contribution >= 4 is 5.91 Å². The Bertz CT molecular complexity index is 421. The van der Waals surface area contributed by atoms with E-state index < -0.39 is 0 Å². The Morgan fingerprint density at radius 3 is 2.63 bits per heavy atom. The van der Waals surface area contributed by atoms with Gasteiger partial charge in [0.2, 0.25) is 5.91 Å². The highest BCUT2D eigenvalue weighted by atomic mass is 16.2. The van der Waals surface area contributed by atoms with Gasteiger partial charge in [-0.1, -0.05) is 30.3 Å². The second kappa shape index (κ2) is 6.17. The van der Waals surface area contributed by atoms with Crippen molar-refractivity contribution in [3.63, 3.8) is 0 Å². The first-order chi connectivity index (χ1) is 9.13. The van der Waals surface area contributed by atoms with E-state index >= 15 is 0 Å². The molecule has 1 aliphatic heterocycles. The Hall–Kier alpha value is -1.39. The summed E-state index contributed by atoms with van der Waals surface area (Å²) in [5.41, 5.74) is 7.09. The lowest BCUT2D eigenvalue weighted by Gasteiger charge is -2.43. The Labute approximate surface area is 115 Å². The molecule has 0 spiro atoms. The van der Waals surface area contributed by atoms with E-state index in [4.69, 9.17) is 5.73 Å². The molecule has 1 aliphatic rings. The van der Waals surface area contributed by atoms with Crippen molar-refractivity contribution in [2.24, 2.45) is 5.73 Å². The van der Waals surface area contributed by atoms with Gasteiger partial charge in [-0.05, 0) is 18.9 Å². The zero-order valence-corrected chi connectivity index (χ0v) is 11.7. The van der Waals surface area contributed by atoms with Crippen molar-refractivity contribution in [2.45, 2.75) is 25.4 Å². The highest BCUT2D eigenvalue weighted by Crippen LogP contribution is 2.16. The quantitative estimate of drug-likeness (QED) is 0.869. The SMILES string of the molecule is CC1CN(C)C(=O)C(CN)N1CCc1ccccc1. The van der Waals surface area contributed by atoms with Crippen LogP contribution in [0.3, 0.4) is 0 Å². The third-order valence-electron chi connectivity index (χ3n) is 3.89. The van der Waals surface area contributed by atoms with E-state index in [1.54, 1.807) is 4.90 Å². The summed E-state index contributed by atoms with van der Waals surface area (Å²) in [7, 11) is 1.86. The highest BCUT2D eigenvalue weighted by Gasteiger charge is 2.35. The highest BCUT2D eigenvalue weighted by molar-refractivity contribution is 5.82. The van der Waals surface area contributed by atoms with Gasteiger partial charge in [0.1, 0.15) is 6.04 Å². The molecule has 2 unspecified atom stereocenters. The number of rotatable bonds is 4. The van der Waals surface area contributed by atoms with Crippen LogP contribution in [0.25, 0.3) is 0 Å². The Morgan fingerprint density at radius 2 is 2.00 bits per heavy atom. The van der Waals surface area contributed by atoms with Gasteiger partial charge in [0.15, 0.2) is 0 Å². The van der Waals surface area contributed by atoms with E-state index in [2.05, 4.69) is 24.0 Å². The lowest BCUT2D eigenvalue weighted by Crippen LogP contribution is -2.62. The van der Waals surface area contributed by atoms with Gasteiger partial charge in [-0.2, -0.15) is 0 Å². The number of likely N-dealkylation sites (N-methyl/N-ethyl adjacent to an activating group) is 1. The van der Waals surface area contributed by atoms with Gasteiger partial charge < -0.3 is 10.6 Å². The summed E-state index contributed by atoms with van der Waals surface area (Å²) < 4.78 is 0. The van der Waals surface area contributed by atoms with Crippen LogP contribution in [0.1, 0.15) is 12.5 Å². The summed E-state index contributed by atoms with van der Waals surface area (Å²) >= 11 is 0. The number of piperazine rings is 1. The molecule has 4 heteroatoms. The first kappa shape index (κ1) is 14.0. The number of hydrogen-bond donors (Lipinski definition) is 1. The van der Waals surface area contributed by atoms with Gasteiger partial charge in [-0.25, -0.2) is 0 Å². The van der Waals surface area contributed by atoms with E-state index in [0.717, 1.165) is 19.5 Å². The maximum Gasteiger partial charge on any atom is 0.241 e. The number of amides is 1. The molecule has 0 radical (unpaired) electrons. The van der Waals surface area contributed by atoms with Crippen LogP contribution in [0.2, 0.25) is 0 Å². The first-order valence-electron chi connectivity index (χ1n) is 6.88. The van der Waals surface area contributed by atoms with Crippen LogP contribution in [0.5, 0.6) is 0 Å². The van der Waals surface area contributed by atoms with Crippen LogP contribution in [-0.4, -0.2) is 54.5 Å². The number of carbonyl (C=O) groups is 1. The molecule has 2 N–H and O–H groups in total. The minimum Gasteiger partial charge on any atom is -0.343 e. The van der Waals surface area contributed by atoms with E-state index in [1.165, 1.54) is 5.56 Å². The Kier molecular flexibility index (Phi) is 4.56. The number of hydrogen-bond acceptors (Lipinski definition) is 3. The van der Waals surface area contributed by atoms with Gasteiger partial charge in [0.05, 0.1) is 0 Å². The maximum atomic E-state index is 12.1. The van der Waals surface area contributed by atoms with E-state index in [1.807, 2.05) is 25.2 Å². The monoisotopic (exact) mass is 261 g/mol. The lowest BCUT2D eigenvalue weighted by molar-refractivity contribution is -0.142. The van der Waals surface area contributed by atoms with Crippen molar-refractivity contribution < 1.29 is 4.79 Å². The third-order valence-corrected chi connectivity index (χ3v) is 3.89. The zero-order valence-electron chi connectivity index (χ0n) is 11.7. The van der Waals surface area contributed by atoms with Gasteiger partial charge in [-0.3, -0.25) is 9.69 Å². The molecule has 0 saturated carbocycles.